The summed E-state index contributed by atoms with van der Waals surface area (Å²) in [6.45, 7) is 4.60. The molecule has 2 rings (SSSR count). The van der Waals surface area contributed by atoms with Gasteiger partial charge >= 0.3 is 0 Å². The van der Waals surface area contributed by atoms with Gasteiger partial charge in [0.05, 0.1) is 6.20 Å². The second-order valence-electron chi connectivity index (χ2n) is 4.62. The second kappa shape index (κ2) is 4.06. The van der Waals surface area contributed by atoms with Crippen LogP contribution >= 0.6 is 0 Å². The predicted molar refractivity (Wildman–Crippen MR) is 66.3 cm³/mol. The maximum absolute atomic E-state index is 5.92. The summed E-state index contributed by atoms with van der Waals surface area (Å²) < 4.78 is 0. The number of fused-ring (bicyclic) bond motifs is 1. The Hall–Kier alpha value is -1.68. The molecule has 0 fully saturated rings. The van der Waals surface area contributed by atoms with Crippen molar-refractivity contribution in [2.24, 2.45) is 5.73 Å². The summed E-state index contributed by atoms with van der Waals surface area (Å²) in [6.07, 6.45) is 1.76. The van der Waals surface area contributed by atoms with E-state index in [-0.39, 0.29) is 5.54 Å². The molecule has 0 aliphatic heterocycles. The Kier molecular flexibility index (Phi) is 2.75. The third-order valence-electron chi connectivity index (χ3n) is 2.28. The summed E-state index contributed by atoms with van der Waals surface area (Å²) in [5.41, 5.74) is 5.65. The SMILES string of the molecule is CC(C)(N)CNc1nncc2ccccc12. The number of hydrogen-bond acceptors (Lipinski definition) is 4. The van der Waals surface area contributed by atoms with Gasteiger partial charge in [-0.1, -0.05) is 24.3 Å². The lowest BCUT2D eigenvalue weighted by atomic mass is 10.1. The third kappa shape index (κ3) is 2.46. The topological polar surface area (TPSA) is 63.8 Å². The van der Waals surface area contributed by atoms with Crippen molar-refractivity contribution in [1.29, 1.82) is 0 Å². The fourth-order valence-corrected chi connectivity index (χ4v) is 1.47. The molecular weight excluding hydrogens is 200 g/mol. The lowest BCUT2D eigenvalue weighted by Crippen LogP contribution is -2.39. The average molecular weight is 216 g/mol. The van der Waals surface area contributed by atoms with Crippen LogP contribution in [0.2, 0.25) is 0 Å². The number of nitrogens with one attached hydrogen (secondary N) is 1. The first-order chi connectivity index (χ1) is 7.56. The number of nitrogens with two attached hydrogens (primary N) is 1. The van der Waals surface area contributed by atoms with Gasteiger partial charge < -0.3 is 11.1 Å². The highest BCUT2D eigenvalue weighted by molar-refractivity contribution is 5.90. The number of rotatable bonds is 3. The first kappa shape index (κ1) is 10.8. The first-order valence-electron chi connectivity index (χ1n) is 5.29. The van der Waals surface area contributed by atoms with E-state index in [4.69, 9.17) is 5.73 Å². The van der Waals surface area contributed by atoms with Crippen LogP contribution in [-0.2, 0) is 0 Å². The van der Waals surface area contributed by atoms with Crippen LogP contribution in [0.4, 0.5) is 5.82 Å². The molecular formula is C12H16N4. The zero-order valence-electron chi connectivity index (χ0n) is 9.57. The van der Waals surface area contributed by atoms with Crippen LogP contribution in [-0.4, -0.2) is 22.3 Å². The van der Waals surface area contributed by atoms with E-state index < -0.39 is 0 Å². The Morgan fingerprint density at radius 2 is 2.06 bits per heavy atom. The number of hydrogen-bond donors (Lipinski definition) is 2. The zero-order chi connectivity index (χ0) is 11.6. The van der Waals surface area contributed by atoms with Crippen LogP contribution in [0.3, 0.4) is 0 Å². The van der Waals surface area contributed by atoms with E-state index >= 15 is 0 Å². The van der Waals surface area contributed by atoms with Gasteiger partial charge in [-0.25, -0.2) is 0 Å². The lowest BCUT2D eigenvalue weighted by Gasteiger charge is -2.19. The molecule has 0 atom stereocenters. The van der Waals surface area contributed by atoms with Gasteiger partial charge in [-0.2, -0.15) is 5.10 Å². The number of benzene rings is 1. The molecule has 3 N–H and O–H groups in total. The molecule has 84 valence electrons. The second-order valence-corrected chi connectivity index (χ2v) is 4.62. The fourth-order valence-electron chi connectivity index (χ4n) is 1.47. The molecule has 2 aromatic rings. The van der Waals surface area contributed by atoms with Gasteiger partial charge in [0.25, 0.3) is 0 Å². The van der Waals surface area contributed by atoms with Crippen molar-refractivity contribution in [2.45, 2.75) is 19.4 Å². The van der Waals surface area contributed by atoms with Crippen molar-refractivity contribution in [3.8, 4) is 0 Å². The summed E-state index contributed by atoms with van der Waals surface area (Å²) >= 11 is 0. The van der Waals surface area contributed by atoms with Crippen LogP contribution in [0.5, 0.6) is 0 Å². The quantitative estimate of drug-likeness (QED) is 0.821. The highest BCUT2D eigenvalue weighted by atomic mass is 15.2. The van der Waals surface area contributed by atoms with E-state index in [0.717, 1.165) is 16.6 Å². The average Bonchev–Trinajstić information content (AvgIpc) is 2.25. The van der Waals surface area contributed by atoms with Crippen molar-refractivity contribution in [3.05, 3.63) is 30.5 Å². The Labute approximate surface area is 94.9 Å². The van der Waals surface area contributed by atoms with Crippen LogP contribution in [0.1, 0.15) is 13.8 Å². The standard InChI is InChI=1S/C12H16N4/c1-12(2,13)8-14-11-10-6-4-3-5-9(10)7-15-16-11/h3-7H,8,13H2,1-2H3,(H,14,16). The first-order valence-corrected chi connectivity index (χ1v) is 5.29. The van der Waals surface area contributed by atoms with E-state index in [9.17, 15) is 0 Å². The zero-order valence-corrected chi connectivity index (χ0v) is 9.57. The van der Waals surface area contributed by atoms with Gasteiger partial charge in [0, 0.05) is 22.9 Å². The van der Waals surface area contributed by atoms with Crippen molar-refractivity contribution < 1.29 is 0 Å². The van der Waals surface area contributed by atoms with E-state index in [1.165, 1.54) is 0 Å². The molecule has 1 aromatic carbocycles. The number of anilines is 1. The Morgan fingerprint density at radius 1 is 1.31 bits per heavy atom. The van der Waals surface area contributed by atoms with Gasteiger partial charge in [-0.05, 0) is 13.8 Å². The van der Waals surface area contributed by atoms with E-state index in [2.05, 4.69) is 15.5 Å². The van der Waals surface area contributed by atoms with Crippen LogP contribution in [0, 0.1) is 0 Å². The van der Waals surface area contributed by atoms with Crippen LogP contribution in [0.15, 0.2) is 30.5 Å². The summed E-state index contributed by atoms with van der Waals surface area (Å²) in [6, 6.07) is 8.02. The monoisotopic (exact) mass is 216 g/mol. The molecule has 4 nitrogen and oxygen atoms in total. The molecule has 0 aliphatic carbocycles. The maximum Gasteiger partial charge on any atom is 0.156 e. The van der Waals surface area contributed by atoms with Crippen LogP contribution < -0.4 is 11.1 Å². The largest absolute Gasteiger partial charge is 0.366 e. The van der Waals surface area contributed by atoms with E-state index in [0.29, 0.717) is 6.54 Å². The summed E-state index contributed by atoms with van der Waals surface area (Å²) in [5.74, 6) is 0.789. The van der Waals surface area contributed by atoms with E-state index in [1.54, 1.807) is 6.20 Å². The smallest absolute Gasteiger partial charge is 0.156 e. The summed E-state index contributed by atoms with van der Waals surface area (Å²) in [7, 11) is 0. The summed E-state index contributed by atoms with van der Waals surface area (Å²) in [5, 5.41) is 13.4. The Balaban J connectivity index is 2.30. The van der Waals surface area contributed by atoms with Crippen molar-refractivity contribution in [1.82, 2.24) is 10.2 Å². The van der Waals surface area contributed by atoms with E-state index in [1.807, 2.05) is 38.1 Å². The molecule has 1 aromatic heterocycles. The minimum atomic E-state index is -0.265. The normalized spacial score (nSPS) is 11.7. The molecule has 0 spiro atoms. The minimum absolute atomic E-state index is 0.265. The molecule has 0 unspecified atom stereocenters. The molecule has 0 amide bonds. The highest BCUT2D eigenvalue weighted by Crippen LogP contribution is 2.19. The van der Waals surface area contributed by atoms with Crippen molar-refractivity contribution in [3.63, 3.8) is 0 Å². The van der Waals surface area contributed by atoms with Gasteiger partial charge in [0.15, 0.2) is 5.82 Å². The Bertz CT molecular complexity index is 482. The van der Waals surface area contributed by atoms with Gasteiger partial charge in [-0.3, -0.25) is 0 Å². The predicted octanol–water partition coefficient (Wildman–Crippen LogP) is 1.78. The summed E-state index contributed by atoms with van der Waals surface area (Å²) in [4.78, 5) is 0. The molecule has 1 heterocycles. The molecule has 0 saturated carbocycles. The third-order valence-corrected chi connectivity index (χ3v) is 2.28. The maximum atomic E-state index is 5.92. The highest BCUT2D eigenvalue weighted by Gasteiger charge is 2.11. The van der Waals surface area contributed by atoms with Crippen LogP contribution in [0.25, 0.3) is 10.8 Å². The number of nitrogens with zero attached hydrogens (tertiary/aromatic N) is 2. The molecule has 0 aliphatic rings. The van der Waals surface area contributed by atoms with Gasteiger partial charge in [0.2, 0.25) is 0 Å². The molecule has 0 radical (unpaired) electrons. The van der Waals surface area contributed by atoms with Crippen molar-refractivity contribution in [2.75, 3.05) is 11.9 Å². The fraction of sp³-hybridized carbons (Fsp3) is 0.333. The number of aromatic nitrogens is 2. The lowest BCUT2D eigenvalue weighted by molar-refractivity contribution is 0.548. The minimum Gasteiger partial charge on any atom is -0.366 e. The molecule has 16 heavy (non-hydrogen) atoms. The molecule has 0 bridgehead atoms. The molecule has 4 heteroatoms. The van der Waals surface area contributed by atoms with Gasteiger partial charge in [0.1, 0.15) is 0 Å². The molecule has 0 saturated heterocycles. The Morgan fingerprint density at radius 3 is 2.81 bits per heavy atom. The van der Waals surface area contributed by atoms with Crippen molar-refractivity contribution >= 4 is 16.6 Å². The van der Waals surface area contributed by atoms with Gasteiger partial charge in [-0.15, -0.1) is 5.10 Å².